The van der Waals surface area contributed by atoms with Gasteiger partial charge in [-0.25, -0.2) is 4.79 Å². The van der Waals surface area contributed by atoms with Gasteiger partial charge in [-0.2, -0.15) is 0 Å². The maximum absolute atomic E-state index is 12.8. The first-order valence-electron chi connectivity index (χ1n) is 13.1. The lowest BCUT2D eigenvalue weighted by atomic mass is 9.94. The summed E-state index contributed by atoms with van der Waals surface area (Å²) in [6.45, 7) is 5.77. The predicted octanol–water partition coefficient (Wildman–Crippen LogP) is 5.47. The first-order chi connectivity index (χ1) is 18.1. The van der Waals surface area contributed by atoms with Gasteiger partial charge in [0.25, 0.3) is 0 Å². The number of benzene rings is 1. The molecule has 0 saturated carbocycles. The van der Waals surface area contributed by atoms with E-state index in [0.717, 1.165) is 36.8 Å². The summed E-state index contributed by atoms with van der Waals surface area (Å²) in [5.74, 6) is -1.20. The molecule has 1 unspecified atom stereocenters. The van der Waals surface area contributed by atoms with Crippen LogP contribution in [0.3, 0.4) is 0 Å². The van der Waals surface area contributed by atoms with Gasteiger partial charge >= 0.3 is 23.9 Å². The van der Waals surface area contributed by atoms with Gasteiger partial charge in [-0.05, 0) is 44.6 Å². The quantitative estimate of drug-likeness (QED) is 0.128. The van der Waals surface area contributed by atoms with Crippen LogP contribution in [-0.4, -0.2) is 43.2 Å². The number of cyclic esters (lactones) is 1. The number of carbonyl (C=O) groups is 4. The van der Waals surface area contributed by atoms with Crippen LogP contribution in [0.1, 0.15) is 98.7 Å². The van der Waals surface area contributed by atoms with Gasteiger partial charge in [-0.3, -0.25) is 14.4 Å². The summed E-state index contributed by atoms with van der Waals surface area (Å²) >= 11 is 0. The van der Waals surface area contributed by atoms with Gasteiger partial charge in [0.1, 0.15) is 17.9 Å². The first-order valence-corrected chi connectivity index (χ1v) is 13.1. The molecule has 1 aliphatic heterocycles. The summed E-state index contributed by atoms with van der Waals surface area (Å²) in [5, 5.41) is 8.86. The second kappa shape index (κ2) is 15.1. The zero-order chi connectivity index (χ0) is 28.2. The molecular weight excluding hydrogens is 492 g/mol. The number of allylic oxidation sites excluding steroid dienone is 2. The van der Waals surface area contributed by atoms with Crippen LogP contribution >= 0.6 is 0 Å². The normalized spacial score (nSPS) is 13.5. The van der Waals surface area contributed by atoms with E-state index < -0.39 is 17.9 Å². The molecule has 0 amide bonds. The fraction of sp³-hybridized carbons (Fsp3) is 0.586. The van der Waals surface area contributed by atoms with E-state index in [4.69, 9.17) is 24.1 Å². The lowest BCUT2D eigenvalue weighted by molar-refractivity contribution is -0.140. The van der Waals surface area contributed by atoms with Crippen LogP contribution in [0.2, 0.25) is 0 Å². The molecule has 9 nitrogen and oxygen atoms in total. The number of ether oxygens (including phenoxy) is 4. The Hall–Kier alpha value is -3.36. The molecule has 1 aliphatic rings. The Kier molecular flexibility index (Phi) is 12.3. The van der Waals surface area contributed by atoms with Gasteiger partial charge in [0.15, 0.2) is 5.75 Å². The number of rotatable bonds is 16. The van der Waals surface area contributed by atoms with E-state index in [1.807, 2.05) is 26.8 Å². The molecule has 0 aliphatic carbocycles. The molecule has 9 heteroatoms. The Bertz CT molecular complexity index is 1050. The van der Waals surface area contributed by atoms with E-state index in [1.54, 1.807) is 0 Å². The topological polar surface area (TPSA) is 125 Å². The molecule has 1 atom stereocenters. The van der Waals surface area contributed by atoms with E-state index in [2.05, 4.69) is 0 Å². The number of carbonyl (C=O) groups excluding carboxylic acids is 3. The number of hydrogen-bond acceptors (Lipinski definition) is 8. The number of methoxy groups -OCH3 is 2. The summed E-state index contributed by atoms with van der Waals surface area (Å²) < 4.78 is 21.4. The summed E-state index contributed by atoms with van der Waals surface area (Å²) in [4.78, 5) is 47.7. The number of carboxylic acids is 1. The third-order valence-corrected chi connectivity index (χ3v) is 6.80. The summed E-state index contributed by atoms with van der Waals surface area (Å²) in [5.41, 5.74) is 3.22. The Morgan fingerprint density at radius 3 is 2.39 bits per heavy atom. The van der Waals surface area contributed by atoms with Crippen LogP contribution < -0.4 is 9.47 Å². The highest BCUT2D eigenvalue weighted by atomic mass is 16.6. The van der Waals surface area contributed by atoms with Crippen LogP contribution in [0.25, 0.3) is 0 Å². The van der Waals surface area contributed by atoms with E-state index >= 15 is 0 Å². The molecule has 0 bridgehead atoms. The minimum Gasteiger partial charge on any atom is -0.496 e. The van der Waals surface area contributed by atoms with Crippen molar-refractivity contribution in [2.75, 3.05) is 14.2 Å². The average molecular weight is 533 g/mol. The third kappa shape index (κ3) is 8.89. The number of hydrogen-bond donors (Lipinski definition) is 1. The first kappa shape index (κ1) is 30.9. The smallest absolute Gasteiger partial charge is 0.342 e. The highest BCUT2D eigenvalue weighted by molar-refractivity contribution is 5.99. The molecule has 2 rings (SSSR count). The van der Waals surface area contributed by atoms with Crippen molar-refractivity contribution >= 4 is 23.9 Å². The molecule has 0 saturated heterocycles. The lowest BCUT2D eigenvalue weighted by Crippen LogP contribution is -2.14. The summed E-state index contributed by atoms with van der Waals surface area (Å²) in [7, 11) is 2.88. The minimum atomic E-state index is -0.783. The van der Waals surface area contributed by atoms with E-state index in [9.17, 15) is 19.2 Å². The van der Waals surface area contributed by atoms with Crippen LogP contribution in [0.5, 0.6) is 11.5 Å². The van der Waals surface area contributed by atoms with Crippen molar-refractivity contribution in [3.8, 4) is 11.5 Å². The van der Waals surface area contributed by atoms with Gasteiger partial charge < -0.3 is 24.1 Å². The van der Waals surface area contributed by atoms with Crippen LogP contribution in [0, 0.1) is 12.8 Å². The average Bonchev–Trinajstić information content (AvgIpc) is 3.26. The molecule has 38 heavy (non-hydrogen) atoms. The number of aliphatic carboxylic acids is 1. The van der Waals surface area contributed by atoms with Gasteiger partial charge in [-0.15, -0.1) is 0 Å². The van der Waals surface area contributed by atoms with Crippen molar-refractivity contribution in [2.45, 2.75) is 91.6 Å². The van der Waals surface area contributed by atoms with E-state index in [-0.39, 0.29) is 49.1 Å². The molecule has 0 aromatic heterocycles. The molecule has 0 spiro atoms. The van der Waals surface area contributed by atoms with Gasteiger partial charge in [0.2, 0.25) is 0 Å². The largest absolute Gasteiger partial charge is 0.496 e. The Morgan fingerprint density at radius 1 is 1.03 bits per heavy atom. The van der Waals surface area contributed by atoms with Gasteiger partial charge in [-0.1, -0.05) is 44.3 Å². The molecule has 1 aromatic carbocycles. The van der Waals surface area contributed by atoms with Crippen LogP contribution in [0.4, 0.5) is 0 Å². The number of carboxylic acid groups (broad SMARTS) is 1. The zero-order valence-corrected chi connectivity index (χ0v) is 23.1. The predicted molar refractivity (Wildman–Crippen MR) is 140 cm³/mol. The summed E-state index contributed by atoms with van der Waals surface area (Å²) in [6.07, 6.45) is 7.50. The van der Waals surface area contributed by atoms with Gasteiger partial charge in [0.05, 0.1) is 14.2 Å². The Labute approximate surface area is 224 Å². The second-order valence-electron chi connectivity index (χ2n) is 9.86. The van der Waals surface area contributed by atoms with Crippen molar-refractivity contribution in [3.05, 3.63) is 33.9 Å². The molecule has 1 aromatic rings. The molecule has 1 heterocycles. The number of esters is 3. The number of unbranched alkanes of at least 4 members (excludes halogenated alkanes) is 3. The Balaban J connectivity index is 2.12. The zero-order valence-electron chi connectivity index (χ0n) is 23.1. The minimum absolute atomic E-state index is 0.0927. The highest BCUT2D eigenvalue weighted by Gasteiger charge is 2.34. The van der Waals surface area contributed by atoms with Crippen molar-refractivity contribution in [2.24, 2.45) is 5.92 Å². The fourth-order valence-electron chi connectivity index (χ4n) is 4.58. The third-order valence-electron chi connectivity index (χ3n) is 6.80. The fourth-order valence-corrected chi connectivity index (χ4v) is 4.58. The second-order valence-corrected chi connectivity index (χ2v) is 9.86. The van der Waals surface area contributed by atoms with Crippen molar-refractivity contribution in [1.29, 1.82) is 0 Å². The van der Waals surface area contributed by atoms with E-state index in [0.29, 0.717) is 36.1 Å². The standard InChI is InChI=1S/C29H40O9/c1-18(13-15-24(32)35-4)12-14-21-27(36-5)20(3)22-17-37-29(34)26(22)28(21)38-25(33)11-9-7-6-8-10-19(2)16-23(30)31/h12,19H,6-11,13-17H2,1-5H3,(H,30,31). The van der Waals surface area contributed by atoms with Crippen LogP contribution in [0.15, 0.2) is 11.6 Å². The molecule has 210 valence electrons. The van der Waals surface area contributed by atoms with E-state index in [1.165, 1.54) is 14.2 Å². The maximum Gasteiger partial charge on any atom is 0.342 e. The molecule has 0 radical (unpaired) electrons. The maximum atomic E-state index is 12.8. The highest BCUT2D eigenvalue weighted by Crippen LogP contribution is 2.43. The monoisotopic (exact) mass is 532 g/mol. The van der Waals surface area contributed by atoms with Crippen molar-refractivity contribution in [3.63, 3.8) is 0 Å². The summed E-state index contributed by atoms with van der Waals surface area (Å²) in [6, 6.07) is 0. The SMILES string of the molecule is COC(=O)CCC(C)=CCc1c(OC)c(C)c2c(c1OC(=O)CCCCCCC(C)CC(=O)O)C(=O)OC2. The molecule has 0 fully saturated rings. The van der Waals surface area contributed by atoms with Crippen molar-refractivity contribution in [1.82, 2.24) is 0 Å². The molecule has 1 N–H and O–H groups in total. The molecular formula is C29H40O9. The number of fused-ring (bicyclic) bond motifs is 1. The van der Waals surface area contributed by atoms with Crippen molar-refractivity contribution < 1.29 is 43.2 Å². The lowest BCUT2D eigenvalue weighted by Gasteiger charge is -2.19. The van der Waals surface area contributed by atoms with Gasteiger partial charge in [0, 0.05) is 30.4 Å². The van der Waals surface area contributed by atoms with Crippen LogP contribution in [-0.2, 0) is 36.9 Å². The Morgan fingerprint density at radius 2 is 1.74 bits per heavy atom.